The Kier molecular flexibility index (Phi) is 3.71. The van der Waals surface area contributed by atoms with E-state index in [9.17, 15) is 0 Å². The first-order valence-electron chi connectivity index (χ1n) is 4.86. The highest BCUT2D eigenvalue weighted by molar-refractivity contribution is 6.32. The Hall–Kier alpha value is -1.46. The monoisotopic (exact) mass is 269 g/mol. The van der Waals surface area contributed by atoms with E-state index in [2.05, 4.69) is 25.5 Å². The zero-order chi connectivity index (χ0) is 12.3. The van der Waals surface area contributed by atoms with Crippen molar-refractivity contribution in [2.75, 3.05) is 5.32 Å². The summed E-state index contributed by atoms with van der Waals surface area (Å²) >= 11 is 11.5. The molecule has 7 heteroatoms. The minimum absolute atomic E-state index is 0.0587. The number of rotatable bonds is 3. The van der Waals surface area contributed by atoms with E-state index in [-0.39, 0.29) is 10.4 Å². The van der Waals surface area contributed by atoms with Crippen molar-refractivity contribution in [3.8, 4) is 0 Å². The van der Waals surface area contributed by atoms with Gasteiger partial charge in [-0.1, -0.05) is 11.6 Å². The Balaban J connectivity index is 2.12. The highest BCUT2D eigenvalue weighted by Gasteiger charge is 2.06. The van der Waals surface area contributed by atoms with E-state index in [1.54, 1.807) is 12.4 Å². The molecule has 0 unspecified atom stereocenters. The minimum atomic E-state index is 0.0587. The summed E-state index contributed by atoms with van der Waals surface area (Å²) in [6, 6.07) is 1.92. The van der Waals surface area contributed by atoms with Crippen molar-refractivity contribution >= 4 is 29.0 Å². The number of hydrogen-bond donors (Lipinski definition) is 1. The van der Waals surface area contributed by atoms with Crippen LogP contribution in [0, 0.1) is 6.92 Å². The Bertz CT molecular complexity index is 532. The van der Waals surface area contributed by atoms with Gasteiger partial charge in [-0.3, -0.25) is 4.98 Å². The number of pyridine rings is 1. The first-order chi connectivity index (χ1) is 8.16. The maximum atomic E-state index is 5.83. The number of aryl methyl sites for hydroxylation is 1. The fourth-order valence-corrected chi connectivity index (χ4v) is 1.55. The van der Waals surface area contributed by atoms with E-state index < -0.39 is 0 Å². The standard InChI is InChI=1S/C10H9Cl2N5/c1-6-4-13-3-2-7(6)5-14-9-8(11)16-17-10(12)15-9/h2-4H,5H2,1H3,(H,14,15,17). The SMILES string of the molecule is Cc1cnccc1CNc1nc(Cl)nnc1Cl. The minimum Gasteiger partial charge on any atom is -0.363 e. The summed E-state index contributed by atoms with van der Waals surface area (Å²) in [7, 11) is 0. The molecule has 0 saturated heterocycles. The van der Waals surface area contributed by atoms with Crippen LogP contribution in [0.5, 0.6) is 0 Å². The van der Waals surface area contributed by atoms with E-state index in [0.717, 1.165) is 11.1 Å². The molecule has 0 aliphatic heterocycles. The molecule has 2 heterocycles. The molecule has 0 aliphatic carbocycles. The Morgan fingerprint density at radius 1 is 1.29 bits per heavy atom. The summed E-state index contributed by atoms with van der Waals surface area (Å²) in [5, 5.41) is 10.5. The molecule has 0 aromatic carbocycles. The van der Waals surface area contributed by atoms with Crippen LogP contribution in [-0.2, 0) is 6.54 Å². The summed E-state index contributed by atoms with van der Waals surface area (Å²) in [6.07, 6.45) is 3.53. The lowest BCUT2D eigenvalue weighted by molar-refractivity contribution is 0.956. The van der Waals surface area contributed by atoms with Gasteiger partial charge in [0.15, 0.2) is 11.0 Å². The molecule has 0 amide bonds. The lowest BCUT2D eigenvalue weighted by Gasteiger charge is -2.08. The predicted octanol–water partition coefficient (Wildman–Crippen LogP) is 2.49. The van der Waals surface area contributed by atoms with Crippen LogP contribution in [0.15, 0.2) is 18.5 Å². The van der Waals surface area contributed by atoms with Crippen LogP contribution in [-0.4, -0.2) is 20.2 Å². The van der Waals surface area contributed by atoms with Crippen LogP contribution in [0.1, 0.15) is 11.1 Å². The zero-order valence-corrected chi connectivity index (χ0v) is 10.5. The fraction of sp³-hybridized carbons (Fsp3) is 0.200. The Labute approximate surface area is 108 Å². The van der Waals surface area contributed by atoms with E-state index in [0.29, 0.717) is 12.4 Å². The van der Waals surface area contributed by atoms with E-state index in [4.69, 9.17) is 23.2 Å². The Morgan fingerprint density at radius 3 is 2.88 bits per heavy atom. The largest absolute Gasteiger partial charge is 0.363 e. The quantitative estimate of drug-likeness (QED) is 0.928. The molecule has 5 nitrogen and oxygen atoms in total. The first-order valence-corrected chi connectivity index (χ1v) is 5.61. The topological polar surface area (TPSA) is 63.6 Å². The predicted molar refractivity (Wildman–Crippen MR) is 66.1 cm³/mol. The molecule has 0 radical (unpaired) electrons. The van der Waals surface area contributed by atoms with Gasteiger partial charge in [-0.15, -0.1) is 10.2 Å². The smallest absolute Gasteiger partial charge is 0.245 e. The molecule has 88 valence electrons. The van der Waals surface area contributed by atoms with Gasteiger partial charge in [0.05, 0.1) is 0 Å². The second-order valence-electron chi connectivity index (χ2n) is 3.38. The van der Waals surface area contributed by atoms with Gasteiger partial charge in [0.25, 0.3) is 0 Å². The number of anilines is 1. The molecule has 2 aromatic rings. The maximum absolute atomic E-state index is 5.83. The Morgan fingerprint density at radius 2 is 2.12 bits per heavy atom. The van der Waals surface area contributed by atoms with Crippen LogP contribution in [0.4, 0.5) is 5.82 Å². The fourth-order valence-electron chi connectivity index (χ4n) is 1.29. The second kappa shape index (κ2) is 5.25. The molecule has 1 N–H and O–H groups in total. The molecule has 0 saturated carbocycles. The summed E-state index contributed by atoms with van der Waals surface area (Å²) < 4.78 is 0. The van der Waals surface area contributed by atoms with Crippen LogP contribution in [0.3, 0.4) is 0 Å². The van der Waals surface area contributed by atoms with Crippen molar-refractivity contribution in [1.29, 1.82) is 0 Å². The van der Waals surface area contributed by atoms with Crippen LogP contribution in [0.25, 0.3) is 0 Å². The van der Waals surface area contributed by atoms with Crippen LogP contribution < -0.4 is 5.32 Å². The lowest BCUT2D eigenvalue weighted by Crippen LogP contribution is -2.05. The number of hydrogen-bond acceptors (Lipinski definition) is 5. The summed E-state index contributed by atoms with van der Waals surface area (Å²) in [5.41, 5.74) is 2.19. The van der Waals surface area contributed by atoms with Crippen molar-refractivity contribution in [2.45, 2.75) is 13.5 Å². The van der Waals surface area contributed by atoms with Gasteiger partial charge >= 0.3 is 0 Å². The van der Waals surface area contributed by atoms with Gasteiger partial charge in [0.1, 0.15) is 0 Å². The van der Waals surface area contributed by atoms with Crippen LogP contribution in [0.2, 0.25) is 10.4 Å². The highest BCUT2D eigenvalue weighted by Crippen LogP contribution is 2.17. The van der Waals surface area contributed by atoms with Crippen molar-refractivity contribution < 1.29 is 0 Å². The average Bonchev–Trinajstić information content (AvgIpc) is 2.32. The first kappa shape index (κ1) is 12.0. The van der Waals surface area contributed by atoms with Crippen molar-refractivity contribution in [3.05, 3.63) is 40.0 Å². The summed E-state index contributed by atoms with van der Waals surface area (Å²) in [5.74, 6) is 0.419. The van der Waals surface area contributed by atoms with Crippen LogP contribution >= 0.6 is 23.2 Å². The molecule has 2 rings (SSSR count). The van der Waals surface area contributed by atoms with Gasteiger partial charge in [-0.25, -0.2) is 0 Å². The molecule has 0 atom stereocenters. The zero-order valence-electron chi connectivity index (χ0n) is 8.98. The number of aromatic nitrogens is 4. The highest BCUT2D eigenvalue weighted by atomic mass is 35.5. The number of nitrogens with zero attached hydrogens (tertiary/aromatic N) is 4. The van der Waals surface area contributed by atoms with Gasteiger partial charge in [-0.05, 0) is 35.7 Å². The van der Waals surface area contributed by atoms with Gasteiger partial charge in [0.2, 0.25) is 5.28 Å². The molecule has 17 heavy (non-hydrogen) atoms. The third-order valence-corrected chi connectivity index (χ3v) is 2.62. The van der Waals surface area contributed by atoms with Crippen molar-refractivity contribution in [1.82, 2.24) is 20.2 Å². The van der Waals surface area contributed by atoms with Crippen molar-refractivity contribution in [2.24, 2.45) is 0 Å². The van der Waals surface area contributed by atoms with E-state index in [1.165, 1.54) is 0 Å². The van der Waals surface area contributed by atoms with Gasteiger partial charge in [-0.2, -0.15) is 4.98 Å². The molecule has 2 aromatic heterocycles. The third-order valence-electron chi connectivity index (χ3n) is 2.20. The molecular formula is C10H9Cl2N5. The molecule has 0 fully saturated rings. The molecular weight excluding hydrogens is 261 g/mol. The lowest BCUT2D eigenvalue weighted by atomic mass is 10.1. The summed E-state index contributed by atoms with van der Waals surface area (Å²) in [6.45, 7) is 2.56. The second-order valence-corrected chi connectivity index (χ2v) is 4.07. The number of nitrogens with one attached hydrogen (secondary N) is 1. The van der Waals surface area contributed by atoms with Crippen molar-refractivity contribution in [3.63, 3.8) is 0 Å². The number of halogens is 2. The van der Waals surface area contributed by atoms with Gasteiger partial charge < -0.3 is 5.32 Å². The maximum Gasteiger partial charge on any atom is 0.245 e. The van der Waals surface area contributed by atoms with Gasteiger partial charge in [0, 0.05) is 18.9 Å². The molecule has 0 bridgehead atoms. The normalized spacial score (nSPS) is 10.3. The average molecular weight is 270 g/mol. The third kappa shape index (κ3) is 3.01. The summed E-state index contributed by atoms with van der Waals surface area (Å²) in [4.78, 5) is 7.97. The molecule has 0 aliphatic rings. The van der Waals surface area contributed by atoms with E-state index >= 15 is 0 Å². The molecule has 0 spiro atoms. The van der Waals surface area contributed by atoms with E-state index in [1.807, 2.05) is 13.0 Å².